The van der Waals surface area contributed by atoms with E-state index in [1.54, 1.807) is 0 Å². The summed E-state index contributed by atoms with van der Waals surface area (Å²) in [5.74, 6) is -0.307. The van der Waals surface area contributed by atoms with Gasteiger partial charge in [-0.15, -0.1) is 0 Å². The first-order valence-electron chi connectivity index (χ1n) is 7.74. The summed E-state index contributed by atoms with van der Waals surface area (Å²) >= 11 is 0. The Hall–Kier alpha value is -2.68. The number of benzene rings is 2. The fourth-order valence-electron chi connectivity index (χ4n) is 2.59. The molecule has 0 aliphatic rings. The normalized spacial score (nSPS) is 10.7. The second-order valence-electron chi connectivity index (χ2n) is 5.66. The van der Waals surface area contributed by atoms with Gasteiger partial charge in [-0.05, 0) is 39.0 Å². The number of aryl methyl sites for hydroxylation is 2. The highest BCUT2D eigenvalue weighted by molar-refractivity contribution is 6.04. The number of hydrogen-bond acceptors (Lipinski definition) is 3. The maximum Gasteiger partial charge on any atom is 0.338 e. The summed E-state index contributed by atoms with van der Waals surface area (Å²) in [5, 5.41) is 0.833. The zero-order chi connectivity index (χ0) is 16.4. The number of carbonyl (C=O) groups is 1. The molecule has 3 aromatic rings. The van der Waals surface area contributed by atoms with E-state index in [0.717, 1.165) is 27.7 Å². The van der Waals surface area contributed by atoms with Crippen molar-refractivity contribution in [3.63, 3.8) is 0 Å². The first-order valence-corrected chi connectivity index (χ1v) is 7.74. The van der Waals surface area contributed by atoms with E-state index in [-0.39, 0.29) is 5.97 Å². The van der Waals surface area contributed by atoms with Crippen molar-refractivity contribution >= 4 is 16.9 Å². The zero-order valence-electron chi connectivity index (χ0n) is 13.6. The molecule has 0 amide bonds. The van der Waals surface area contributed by atoms with Crippen LogP contribution in [0.1, 0.15) is 28.4 Å². The van der Waals surface area contributed by atoms with Gasteiger partial charge in [-0.1, -0.05) is 41.5 Å². The van der Waals surface area contributed by atoms with Crippen molar-refractivity contribution < 1.29 is 9.53 Å². The lowest BCUT2D eigenvalue weighted by molar-refractivity contribution is 0.0528. The van der Waals surface area contributed by atoms with Crippen molar-refractivity contribution in [1.29, 1.82) is 0 Å². The average Bonchev–Trinajstić information content (AvgIpc) is 2.55. The molecule has 0 unspecified atom stereocenters. The van der Waals surface area contributed by atoms with Gasteiger partial charge in [0.15, 0.2) is 0 Å². The number of pyridine rings is 1. The van der Waals surface area contributed by atoms with Gasteiger partial charge in [0.25, 0.3) is 0 Å². The Morgan fingerprint density at radius 3 is 2.39 bits per heavy atom. The van der Waals surface area contributed by atoms with E-state index in [1.165, 1.54) is 5.56 Å². The van der Waals surface area contributed by atoms with E-state index in [4.69, 9.17) is 9.72 Å². The largest absolute Gasteiger partial charge is 0.462 e. The van der Waals surface area contributed by atoms with Gasteiger partial charge >= 0.3 is 5.97 Å². The second kappa shape index (κ2) is 6.21. The van der Waals surface area contributed by atoms with Crippen molar-refractivity contribution in [1.82, 2.24) is 4.98 Å². The minimum Gasteiger partial charge on any atom is -0.462 e. The summed E-state index contributed by atoms with van der Waals surface area (Å²) in [6, 6.07) is 15.9. The third-order valence-corrected chi connectivity index (χ3v) is 3.81. The molecule has 116 valence electrons. The minimum atomic E-state index is -0.307. The fraction of sp³-hybridized carbons (Fsp3) is 0.200. The van der Waals surface area contributed by atoms with Gasteiger partial charge < -0.3 is 4.74 Å². The average molecular weight is 305 g/mol. The summed E-state index contributed by atoms with van der Waals surface area (Å²) in [5.41, 5.74) is 5.42. The molecular weight excluding hydrogens is 286 g/mol. The molecule has 3 heteroatoms. The smallest absolute Gasteiger partial charge is 0.338 e. The van der Waals surface area contributed by atoms with Gasteiger partial charge in [0.1, 0.15) is 0 Å². The van der Waals surface area contributed by atoms with Crippen LogP contribution in [-0.2, 0) is 4.74 Å². The number of ether oxygens (including phenoxy) is 1. The summed E-state index contributed by atoms with van der Waals surface area (Å²) in [6.45, 7) is 6.22. The highest BCUT2D eigenvalue weighted by Crippen LogP contribution is 2.26. The van der Waals surface area contributed by atoms with E-state index < -0.39 is 0 Å². The standard InChI is InChI=1S/C20H19NO2/c1-4-23-20(22)17-12-19(15-8-5-13(2)6-9-15)21-18-10-7-14(3)11-16(17)18/h5-12H,4H2,1-3H3. The molecule has 0 radical (unpaired) electrons. The summed E-state index contributed by atoms with van der Waals surface area (Å²) in [7, 11) is 0. The van der Waals surface area contributed by atoms with Crippen LogP contribution in [0.5, 0.6) is 0 Å². The van der Waals surface area contributed by atoms with Gasteiger partial charge in [0.2, 0.25) is 0 Å². The highest BCUT2D eigenvalue weighted by atomic mass is 16.5. The molecule has 23 heavy (non-hydrogen) atoms. The predicted molar refractivity (Wildman–Crippen MR) is 92.6 cm³/mol. The van der Waals surface area contributed by atoms with Crippen LogP contribution >= 0.6 is 0 Å². The summed E-state index contributed by atoms with van der Waals surface area (Å²) in [6.07, 6.45) is 0. The van der Waals surface area contributed by atoms with Crippen LogP contribution in [-0.4, -0.2) is 17.6 Å². The predicted octanol–water partition coefficient (Wildman–Crippen LogP) is 4.70. The maximum atomic E-state index is 12.4. The van der Waals surface area contributed by atoms with Crippen LogP contribution in [0, 0.1) is 13.8 Å². The molecule has 0 aliphatic carbocycles. The van der Waals surface area contributed by atoms with E-state index >= 15 is 0 Å². The first kappa shape index (κ1) is 15.2. The minimum absolute atomic E-state index is 0.307. The van der Waals surface area contributed by atoms with Crippen molar-refractivity contribution in [3.05, 3.63) is 65.2 Å². The quantitative estimate of drug-likeness (QED) is 0.659. The van der Waals surface area contributed by atoms with Gasteiger partial charge in [-0.25, -0.2) is 9.78 Å². The van der Waals surface area contributed by atoms with Crippen LogP contribution in [0.3, 0.4) is 0 Å². The molecular formula is C20H19NO2. The third kappa shape index (κ3) is 3.09. The van der Waals surface area contributed by atoms with Gasteiger partial charge in [-0.2, -0.15) is 0 Å². The number of fused-ring (bicyclic) bond motifs is 1. The zero-order valence-corrected chi connectivity index (χ0v) is 13.6. The van der Waals surface area contributed by atoms with Crippen LogP contribution in [0.4, 0.5) is 0 Å². The summed E-state index contributed by atoms with van der Waals surface area (Å²) < 4.78 is 5.22. The number of nitrogens with zero attached hydrogens (tertiary/aromatic N) is 1. The fourth-order valence-corrected chi connectivity index (χ4v) is 2.59. The number of aromatic nitrogens is 1. The maximum absolute atomic E-state index is 12.4. The molecule has 0 saturated carbocycles. The Morgan fingerprint density at radius 2 is 1.70 bits per heavy atom. The van der Waals surface area contributed by atoms with E-state index in [2.05, 4.69) is 0 Å². The molecule has 1 aromatic heterocycles. The molecule has 0 spiro atoms. The van der Waals surface area contributed by atoms with Crippen LogP contribution in [0.2, 0.25) is 0 Å². The van der Waals surface area contributed by atoms with Crippen molar-refractivity contribution in [2.24, 2.45) is 0 Å². The molecule has 0 fully saturated rings. The molecule has 0 aliphatic heterocycles. The Morgan fingerprint density at radius 1 is 1.00 bits per heavy atom. The lowest BCUT2D eigenvalue weighted by Crippen LogP contribution is -2.06. The topological polar surface area (TPSA) is 39.2 Å². The monoisotopic (exact) mass is 305 g/mol. The van der Waals surface area contributed by atoms with Crippen LogP contribution in [0.25, 0.3) is 22.2 Å². The Kier molecular flexibility index (Phi) is 4.11. The molecule has 3 rings (SSSR count). The number of carbonyl (C=O) groups excluding carboxylic acids is 1. The third-order valence-electron chi connectivity index (χ3n) is 3.81. The van der Waals surface area contributed by atoms with Crippen LogP contribution < -0.4 is 0 Å². The number of esters is 1. The van der Waals surface area contributed by atoms with Crippen molar-refractivity contribution in [3.8, 4) is 11.3 Å². The molecule has 0 atom stereocenters. The van der Waals surface area contributed by atoms with E-state index in [9.17, 15) is 4.79 Å². The van der Waals surface area contributed by atoms with Gasteiger partial charge in [-0.3, -0.25) is 0 Å². The molecule has 0 N–H and O–H groups in total. The van der Waals surface area contributed by atoms with Crippen molar-refractivity contribution in [2.45, 2.75) is 20.8 Å². The van der Waals surface area contributed by atoms with E-state index in [1.807, 2.05) is 69.3 Å². The number of hydrogen-bond donors (Lipinski definition) is 0. The Bertz CT molecular complexity index is 867. The van der Waals surface area contributed by atoms with Crippen LogP contribution in [0.15, 0.2) is 48.5 Å². The van der Waals surface area contributed by atoms with Gasteiger partial charge in [0.05, 0.1) is 23.4 Å². The number of rotatable bonds is 3. The van der Waals surface area contributed by atoms with E-state index in [0.29, 0.717) is 12.2 Å². The molecule has 0 saturated heterocycles. The molecule has 1 heterocycles. The molecule has 0 bridgehead atoms. The highest BCUT2D eigenvalue weighted by Gasteiger charge is 2.15. The second-order valence-corrected chi connectivity index (χ2v) is 5.66. The SMILES string of the molecule is CCOC(=O)c1cc(-c2ccc(C)cc2)nc2ccc(C)cc12. The van der Waals surface area contributed by atoms with Crippen molar-refractivity contribution in [2.75, 3.05) is 6.61 Å². The lowest BCUT2D eigenvalue weighted by atomic mass is 10.0. The summed E-state index contributed by atoms with van der Waals surface area (Å²) in [4.78, 5) is 17.1. The molecule has 2 aromatic carbocycles. The Balaban J connectivity index is 2.22. The van der Waals surface area contributed by atoms with Gasteiger partial charge in [0, 0.05) is 10.9 Å². The molecule has 3 nitrogen and oxygen atoms in total. The lowest BCUT2D eigenvalue weighted by Gasteiger charge is -2.10. The Labute approximate surface area is 135 Å². The first-order chi connectivity index (χ1) is 11.1.